The highest BCUT2D eigenvalue weighted by molar-refractivity contribution is 6.02. The smallest absolute Gasteiger partial charge is 0.339 e. The molecule has 1 amide bonds. The molecule has 2 aromatic rings. The molecular formula is C20H22N2O4. The van der Waals surface area contributed by atoms with Crippen LogP contribution in [0.1, 0.15) is 34.5 Å². The quantitative estimate of drug-likeness (QED) is 0.772. The summed E-state index contributed by atoms with van der Waals surface area (Å²) in [6, 6.07) is 8.64. The fraction of sp³-hybridized carbons (Fsp3) is 0.350. The van der Waals surface area contributed by atoms with Crippen LogP contribution in [-0.2, 0) is 22.4 Å². The number of methoxy groups -OCH3 is 1. The molecule has 3 rings (SSSR count). The van der Waals surface area contributed by atoms with Crippen LogP contribution < -0.4 is 9.64 Å². The van der Waals surface area contributed by atoms with E-state index in [4.69, 9.17) is 9.47 Å². The first-order chi connectivity index (χ1) is 12.6. The lowest BCUT2D eigenvalue weighted by atomic mass is 9.95. The number of likely N-dealkylation sites (N-methyl/N-ethyl adjacent to an activating group) is 1. The third-order valence-corrected chi connectivity index (χ3v) is 4.59. The van der Waals surface area contributed by atoms with E-state index in [1.807, 2.05) is 0 Å². The maximum absolute atomic E-state index is 12.6. The van der Waals surface area contributed by atoms with Crippen molar-refractivity contribution in [1.82, 2.24) is 4.98 Å². The molecule has 1 aliphatic carbocycles. The van der Waals surface area contributed by atoms with E-state index in [-0.39, 0.29) is 12.5 Å². The Hall–Kier alpha value is -2.89. The highest BCUT2D eigenvalue weighted by Crippen LogP contribution is 2.28. The van der Waals surface area contributed by atoms with Gasteiger partial charge in [-0.05, 0) is 43.9 Å². The topological polar surface area (TPSA) is 68.7 Å². The van der Waals surface area contributed by atoms with Crippen molar-refractivity contribution in [3.63, 3.8) is 0 Å². The van der Waals surface area contributed by atoms with Crippen LogP contribution in [-0.4, -0.2) is 37.6 Å². The molecule has 6 nitrogen and oxygen atoms in total. The van der Waals surface area contributed by atoms with Crippen LogP contribution in [0.15, 0.2) is 36.5 Å². The van der Waals surface area contributed by atoms with Crippen LogP contribution in [0.2, 0.25) is 0 Å². The van der Waals surface area contributed by atoms with Crippen molar-refractivity contribution in [2.75, 3.05) is 25.7 Å². The molecule has 1 heterocycles. The number of amides is 1. The predicted molar refractivity (Wildman–Crippen MR) is 97.6 cm³/mol. The van der Waals surface area contributed by atoms with Crippen LogP contribution in [0.5, 0.6) is 5.75 Å². The number of rotatable bonds is 5. The number of hydrogen-bond donors (Lipinski definition) is 0. The summed E-state index contributed by atoms with van der Waals surface area (Å²) in [5.41, 5.74) is 2.99. The van der Waals surface area contributed by atoms with Gasteiger partial charge in [-0.1, -0.05) is 12.1 Å². The van der Waals surface area contributed by atoms with E-state index in [0.29, 0.717) is 11.3 Å². The first kappa shape index (κ1) is 17.9. The molecule has 0 atom stereocenters. The predicted octanol–water partition coefficient (Wildman–Crippen LogP) is 2.79. The molecule has 0 saturated carbocycles. The zero-order chi connectivity index (χ0) is 18.5. The standard InChI is InChI=1S/C20H22N2O4/c1-22(17-10-6-4-8-15(17)20(24)25-2)19(23)13-26-18-11-12-21-16-9-5-3-7-14(16)18/h4,6,8,10-12H,3,5,7,9,13H2,1-2H3. The molecule has 0 saturated heterocycles. The van der Waals surface area contributed by atoms with Gasteiger partial charge in [0.05, 0.1) is 18.4 Å². The molecule has 6 heteroatoms. The Kier molecular flexibility index (Phi) is 5.51. The minimum atomic E-state index is -0.482. The van der Waals surface area contributed by atoms with E-state index < -0.39 is 5.97 Å². The monoisotopic (exact) mass is 354 g/mol. The Balaban J connectivity index is 1.72. The van der Waals surface area contributed by atoms with E-state index in [9.17, 15) is 9.59 Å². The summed E-state index contributed by atoms with van der Waals surface area (Å²) in [7, 11) is 2.94. The zero-order valence-corrected chi connectivity index (χ0v) is 15.0. The summed E-state index contributed by atoms with van der Waals surface area (Å²) >= 11 is 0. The van der Waals surface area contributed by atoms with Crippen molar-refractivity contribution in [2.24, 2.45) is 0 Å². The van der Waals surface area contributed by atoms with E-state index in [0.717, 1.165) is 42.7 Å². The number of nitrogens with zero attached hydrogens (tertiary/aromatic N) is 2. The van der Waals surface area contributed by atoms with Gasteiger partial charge in [-0.2, -0.15) is 0 Å². The largest absolute Gasteiger partial charge is 0.483 e. The SMILES string of the molecule is COC(=O)c1ccccc1N(C)C(=O)COc1ccnc2c1CCCC2. The number of fused-ring (bicyclic) bond motifs is 1. The number of pyridine rings is 1. The van der Waals surface area contributed by atoms with Crippen LogP contribution in [0.3, 0.4) is 0 Å². The maximum atomic E-state index is 12.6. The second-order valence-corrected chi connectivity index (χ2v) is 6.19. The molecule has 0 N–H and O–H groups in total. The number of esters is 1. The highest BCUT2D eigenvalue weighted by Gasteiger charge is 2.20. The molecular weight excluding hydrogens is 332 g/mol. The lowest BCUT2D eigenvalue weighted by Crippen LogP contribution is -2.32. The Morgan fingerprint density at radius 2 is 1.92 bits per heavy atom. The van der Waals surface area contributed by atoms with Crippen molar-refractivity contribution < 1.29 is 19.1 Å². The van der Waals surface area contributed by atoms with E-state index in [2.05, 4.69) is 4.98 Å². The summed E-state index contributed by atoms with van der Waals surface area (Å²) in [4.78, 5) is 30.3. The zero-order valence-electron chi connectivity index (χ0n) is 15.0. The van der Waals surface area contributed by atoms with Crippen molar-refractivity contribution in [1.29, 1.82) is 0 Å². The van der Waals surface area contributed by atoms with Crippen molar-refractivity contribution in [3.8, 4) is 5.75 Å². The van der Waals surface area contributed by atoms with Crippen molar-refractivity contribution in [2.45, 2.75) is 25.7 Å². The minimum absolute atomic E-state index is 0.109. The van der Waals surface area contributed by atoms with Gasteiger partial charge in [0.15, 0.2) is 6.61 Å². The molecule has 1 aromatic heterocycles. The lowest BCUT2D eigenvalue weighted by Gasteiger charge is -2.21. The van der Waals surface area contributed by atoms with Gasteiger partial charge in [0, 0.05) is 24.5 Å². The van der Waals surface area contributed by atoms with Gasteiger partial charge in [0.1, 0.15) is 5.75 Å². The summed E-state index contributed by atoms with van der Waals surface area (Å²) in [5.74, 6) is -0.00944. The Morgan fingerprint density at radius 3 is 2.73 bits per heavy atom. The van der Waals surface area contributed by atoms with Gasteiger partial charge in [-0.15, -0.1) is 0 Å². The number of carbonyl (C=O) groups is 2. The second kappa shape index (κ2) is 7.99. The number of benzene rings is 1. The van der Waals surface area contributed by atoms with Gasteiger partial charge in [0.2, 0.25) is 0 Å². The molecule has 0 spiro atoms. The summed E-state index contributed by atoms with van der Waals surface area (Å²) < 4.78 is 10.6. The summed E-state index contributed by atoms with van der Waals surface area (Å²) in [6.45, 7) is -0.109. The number of anilines is 1. The Labute approximate surface area is 152 Å². The first-order valence-electron chi connectivity index (χ1n) is 8.65. The van der Waals surface area contributed by atoms with E-state index >= 15 is 0 Å². The molecule has 0 unspecified atom stereocenters. The Bertz CT molecular complexity index is 819. The normalized spacial score (nSPS) is 12.8. The van der Waals surface area contributed by atoms with Crippen LogP contribution in [0.4, 0.5) is 5.69 Å². The summed E-state index contributed by atoms with van der Waals surface area (Å²) in [5, 5.41) is 0. The van der Waals surface area contributed by atoms with Gasteiger partial charge >= 0.3 is 5.97 Å². The lowest BCUT2D eigenvalue weighted by molar-refractivity contribution is -0.120. The van der Waals surface area contributed by atoms with Gasteiger partial charge < -0.3 is 14.4 Å². The van der Waals surface area contributed by atoms with Crippen LogP contribution in [0.25, 0.3) is 0 Å². The molecule has 0 radical (unpaired) electrons. The third kappa shape index (κ3) is 3.69. The molecule has 0 aliphatic heterocycles. The fourth-order valence-corrected chi connectivity index (χ4v) is 3.15. The molecule has 1 aliphatic rings. The molecule has 136 valence electrons. The molecule has 26 heavy (non-hydrogen) atoms. The van der Waals surface area contributed by atoms with Crippen LogP contribution >= 0.6 is 0 Å². The number of ether oxygens (including phenoxy) is 2. The molecule has 0 fully saturated rings. The van der Waals surface area contributed by atoms with E-state index in [1.54, 1.807) is 43.6 Å². The molecule has 0 bridgehead atoms. The number of aromatic nitrogens is 1. The number of para-hydroxylation sites is 1. The average molecular weight is 354 g/mol. The number of hydrogen-bond acceptors (Lipinski definition) is 5. The number of carbonyl (C=O) groups excluding carboxylic acids is 2. The molecule has 1 aromatic carbocycles. The number of aryl methyl sites for hydroxylation is 1. The van der Waals surface area contributed by atoms with Gasteiger partial charge in [0.25, 0.3) is 5.91 Å². The van der Waals surface area contributed by atoms with Crippen LogP contribution in [0, 0.1) is 0 Å². The van der Waals surface area contributed by atoms with Crippen molar-refractivity contribution in [3.05, 3.63) is 53.3 Å². The Morgan fingerprint density at radius 1 is 1.15 bits per heavy atom. The first-order valence-corrected chi connectivity index (χ1v) is 8.65. The summed E-state index contributed by atoms with van der Waals surface area (Å²) in [6.07, 6.45) is 5.84. The van der Waals surface area contributed by atoms with Crippen molar-refractivity contribution >= 4 is 17.6 Å². The minimum Gasteiger partial charge on any atom is -0.483 e. The third-order valence-electron chi connectivity index (χ3n) is 4.59. The van der Waals surface area contributed by atoms with Gasteiger partial charge in [-0.3, -0.25) is 9.78 Å². The fourth-order valence-electron chi connectivity index (χ4n) is 3.15. The van der Waals surface area contributed by atoms with E-state index in [1.165, 1.54) is 12.0 Å². The maximum Gasteiger partial charge on any atom is 0.339 e. The second-order valence-electron chi connectivity index (χ2n) is 6.19. The van der Waals surface area contributed by atoms with Gasteiger partial charge in [-0.25, -0.2) is 4.79 Å². The average Bonchev–Trinajstić information content (AvgIpc) is 2.70. The highest BCUT2D eigenvalue weighted by atomic mass is 16.5.